The predicted octanol–water partition coefficient (Wildman–Crippen LogP) is 1.92. The van der Waals surface area contributed by atoms with Gasteiger partial charge in [0.05, 0.1) is 10.7 Å². The van der Waals surface area contributed by atoms with Crippen LogP contribution >= 0.6 is 11.6 Å². The molecule has 1 saturated heterocycles. The van der Waals surface area contributed by atoms with Crippen molar-refractivity contribution in [1.29, 1.82) is 0 Å². The van der Waals surface area contributed by atoms with E-state index in [1.54, 1.807) is 6.07 Å². The summed E-state index contributed by atoms with van der Waals surface area (Å²) in [5.41, 5.74) is 7.32. The molecule has 1 aromatic rings. The molecule has 0 saturated carbocycles. The second kappa shape index (κ2) is 4.11. The Morgan fingerprint density at radius 2 is 2.27 bits per heavy atom. The van der Waals surface area contributed by atoms with Crippen molar-refractivity contribution in [3.05, 3.63) is 28.8 Å². The molecule has 1 atom stereocenters. The van der Waals surface area contributed by atoms with Gasteiger partial charge in [-0.1, -0.05) is 17.7 Å². The molecular formula is C11H13ClN2O. The lowest BCUT2D eigenvalue weighted by atomic mass is 9.90. The van der Waals surface area contributed by atoms with Crippen LogP contribution in [0.1, 0.15) is 24.3 Å². The Morgan fingerprint density at radius 3 is 2.93 bits per heavy atom. The summed E-state index contributed by atoms with van der Waals surface area (Å²) in [5, 5.41) is 3.38. The van der Waals surface area contributed by atoms with Crippen LogP contribution in [0.3, 0.4) is 0 Å². The summed E-state index contributed by atoms with van der Waals surface area (Å²) in [7, 11) is 0. The Morgan fingerprint density at radius 1 is 1.47 bits per heavy atom. The smallest absolute Gasteiger partial charge is 0.220 e. The molecule has 1 fully saturated rings. The normalized spacial score (nSPS) is 21.1. The highest BCUT2D eigenvalue weighted by Gasteiger charge is 2.20. The molecule has 1 aromatic carbocycles. The summed E-state index contributed by atoms with van der Waals surface area (Å²) in [6.45, 7) is 0.742. The van der Waals surface area contributed by atoms with Crippen LogP contribution in [-0.2, 0) is 4.79 Å². The molecular weight excluding hydrogens is 212 g/mol. The lowest BCUT2D eigenvalue weighted by Gasteiger charge is -2.22. The van der Waals surface area contributed by atoms with Gasteiger partial charge in [0.1, 0.15) is 0 Å². The van der Waals surface area contributed by atoms with Gasteiger partial charge >= 0.3 is 0 Å². The quantitative estimate of drug-likeness (QED) is 0.716. The van der Waals surface area contributed by atoms with Crippen LogP contribution in [0.2, 0.25) is 5.02 Å². The average molecular weight is 225 g/mol. The van der Waals surface area contributed by atoms with Crippen LogP contribution in [0.5, 0.6) is 0 Å². The fraction of sp³-hybridized carbons (Fsp3) is 0.364. The summed E-state index contributed by atoms with van der Waals surface area (Å²) in [5.74, 6) is 0.385. The van der Waals surface area contributed by atoms with E-state index in [9.17, 15) is 4.79 Å². The van der Waals surface area contributed by atoms with Crippen molar-refractivity contribution < 1.29 is 4.79 Å². The standard InChI is InChI=1S/C11H13ClN2O/c12-9-5-7(1-2-10(9)13)8-3-4-14-11(15)6-8/h1-2,5,8H,3-4,6,13H2,(H,14,15)/t8-/m1/s1. The number of rotatable bonds is 1. The van der Waals surface area contributed by atoms with Gasteiger partial charge in [0.15, 0.2) is 0 Å². The van der Waals surface area contributed by atoms with Gasteiger partial charge < -0.3 is 11.1 Å². The number of anilines is 1. The molecule has 0 aromatic heterocycles. The van der Waals surface area contributed by atoms with Gasteiger partial charge in [-0.15, -0.1) is 0 Å². The molecule has 1 amide bonds. The maximum absolute atomic E-state index is 11.2. The number of nitrogens with one attached hydrogen (secondary N) is 1. The molecule has 0 spiro atoms. The second-order valence-electron chi connectivity index (χ2n) is 3.82. The average Bonchev–Trinajstić information content (AvgIpc) is 2.22. The molecule has 2 rings (SSSR count). The minimum Gasteiger partial charge on any atom is -0.398 e. The summed E-state index contributed by atoms with van der Waals surface area (Å²) >= 11 is 5.94. The highest BCUT2D eigenvalue weighted by Crippen LogP contribution is 2.29. The van der Waals surface area contributed by atoms with Gasteiger partial charge in [-0.25, -0.2) is 0 Å². The minimum atomic E-state index is 0.110. The number of nitrogens with two attached hydrogens (primary N) is 1. The summed E-state index contributed by atoms with van der Waals surface area (Å²) < 4.78 is 0. The van der Waals surface area contributed by atoms with E-state index in [2.05, 4.69) is 5.32 Å². The number of amides is 1. The first-order valence-electron chi connectivity index (χ1n) is 4.98. The van der Waals surface area contributed by atoms with E-state index in [1.165, 1.54) is 0 Å². The van der Waals surface area contributed by atoms with Crippen LogP contribution in [0.25, 0.3) is 0 Å². The van der Waals surface area contributed by atoms with E-state index in [0.717, 1.165) is 18.5 Å². The molecule has 0 bridgehead atoms. The first kappa shape index (κ1) is 10.3. The topological polar surface area (TPSA) is 55.1 Å². The third-order valence-electron chi connectivity index (χ3n) is 2.74. The lowest BCUT2D eigenvalue weighted by Crippen LogP contribution is -2.32. The number of halogens is 1. The van der Waals surface area contributed by atoms with Crippen molar-refractivity contribution in [2.75, 3.05) is 12.3 Å². The Hall–Kier alpha value is -1.22. The molecule has 80 valence electrons. The zero-order chi connectivity index (χ0) is 10.8. The minimum absolute atomic E-state index is 0.110. The van der Waals surface area contributed by atoms with Crippen LogP contribution < -0.4 is 11.1 Å². The van der Waals surface area contributed by atoms with Crippen molar-refractivity contribution in [2.45, 2.75) is 18.8 Å². The maximum atomic E-state index is 11.2. The molecule has 1 heterocycles. The van der Waals surface area contributed by atoms with Gasteiger partial charge in [0.25, 0.3) is 0 Å². The van der Waals surface area contributed by atoms with Crippen LogP contribution in [0.15, 0.2) is 18.2 Å². The first-order valence-corrected chi connectivity index (χ1v) is 5.36. The van der Waals surface area contributed by atoms with Crippen molar-refractivity contribution in [1.82, 2.24) is 5.32 Å². The number of nitrogen functional groups attached to an aromatic ring is 1. The molecule has 0 aliphatic carbocycles. The molecule has 4 heteroatoms. The van der Waals surface area contributed by atoms with Crippen LogP contribution in [-0.4, -0.2) is 12.5 Å². The summed E-state index contributed by atoms with van der Waals surface area (Å²) in [6.07, 6.45) is 1.51. The summed E-state index contributed by atoms with van der Waals surface area (Å²) in [6, 6.07) is 5.61. The highest BCUT2D eigenvalue weighted by molar-refractivity contribution is 6.33. The number of hydrogen-bond acceptors (Lipinski definition) is 2. The van der Waals surface area contributed by atoms with Crippen molar-refractivity contribution in [3.8, 4) is 0 Å². The van der Waals surface area contributed by atoms with Gasteiger partial charge in [0.2, 0.25) is 5.91 Å². The Bertz CT molecular complexity index is 392. The Labute approximate surface area is 93.6 Å². The predicted molar refractivity (Wildman–Crippen MR) is 60.8 cm³/mol. The van der Waals surface area contributed by atoms with E-state index >= 15 is 0 Å². The molecule has 1 aliphatic heterocycles. The third-order valence-corrected chi connectivity index (χ3v) is 3.07. The van der Waals surface area contributed by atoms with Crippen molar-refractivity contribution in [3.63, 3.8) is 0 Å². The zero-order valence-electron chi connectivity index (χ0n) is 8.29. The van der Waals surface area contributed by atoms with Crippen molar-refractivity contribution >= 4 is 23.2 Å². The highest BCUT2D eigenvalue weighted by atomic mass is 35.5. The Kier molecular flexibility index (Phi) is 2.82. The van der Waals surface area contributed by atoms with E-state index in [4.69, 9.17) is 17.3 Å². The SMILES string of the molecule is Nc1ccc([C@@H]2CCNC(=O)C2)cc1Cl. The Balaban J connectivity index is 2.21. The molecule has 3 N–H and O–H groups in total. The number of carbonyl (C=O) groups excluding carboxylic acids is 1. The van der Waals surface area contributed by atoms with Gasteiger partial charge in [0, 0.05) is 13.0 Å². The maximum Gasteiger partial charge on any atom is 0.220 e. The van der Waals surface area contributed by atoms with E-state index in [1.807, 2.05) is 12.1 Å². The zero-order valence-corrected chi connectivity index (χ0v) is 9.05. The lowest BCUT2D eigenvalue weighted by molar-refractivity contribution is -0.122. The van der Waals surface area contributed by atoms with Crippen LogP contribution in [0, 0.1) is 0 Å². The molecule has 3 nitrogen and oxygen atoms in total. The monoisotopic (exact) mass is 224 g/mol. The van der Waals surface area contributed by atoms with Crippen molar-refractivity contribution in [2.24, 2.45) is 0 Å². The molecule has 0 radical (unpaired) electrons. The fourth-order valence-electron chi connectivity index (χ4n) is 1.87. The van der Waals surface area contributed by atoms with E-state index in [0.29, 0.717) is 17.1 Å². The number of benzene rings is 1. The fourth-order valence-corrected chi connectivity index (χ4v) is 2.05. The first-order chi connectivity index (χ1) is 7.16. The van der Waals surface area contributed by atoms with Gasteiger partial charge in [-0.3, -0.25) is 4.79 Å². The molecule has 0 unspecified atom stereocenters. The van der Waals surface area contributed by atoms with E-state index < -0.39 is 0 Å². The number of carbonyl (C=O) groups is 1. The summed E-state index contributed by atoms with van der Waals surface area (Å²) in [4.78, 5) is 11.2. The number of hydrogen-bond donors (Lipinski definition) is 2. The van der Waals surface area contributed by atoms with Gasteiger partial charge in [-0.05, 0) is 30.0 Å². The number of piperidine rings is 1. The molecule has 15 heavy (non-hydrogen) atoms. The molecule has 1 aliphatic rings. The largest absolute Gasteiger partial charge is 0.398 e. The second-order valence-corrected chi connectivity index (χ2v) is 4.23. The third kappa shape index (κ3) is 2.23. The van der Waals surface area contributed by atoms with E-state index in [-0.39, 0.29) is 11.8 Å². The van der Waals surface area contributed by atoms with Crippen LogP contribution in [0.4, 0.5) is 5.69 Å². The van der Waals surface area contributed by atoms with Gasteiger partial charge in [-0.2, -0.15) is 0 Å².